The number of hydrogen-bond acceptors (Lipinski definition) is 3. The minimum Gasteiger partial charge on any atom is -0.309 e. The minimum absolute atomic E-state index is 0.614. The molecule has 0 unspecified atom stereocenters. The molecule has 0 spiro atoms. The first-order chi connectivity index (χ1) is 17.9. The van der Waals surface area contributed by atoms with Crippen molar-refractivity contribution in [3.8, 4) is 11.6 Å². The van der Waals surface area contributed by atoms with E-state index in [4.69, 9.17) is 0 Å². The maximum absolute atomic E-state index is 4.50. The molecule has 0 aliphatic carbocycles. The van der Waals surface area contributed by atoms with Gasteiger partial charge in [0, 0.05) is 27.2 Å². The number of benzene rings is 5. The van der Waals surface area contributed by atoms with E-state index in [0.717, 1.165) is 16.7 Å². The zero-order valence-electron chi connectivity index (χ0n) is 19.2. The Kier molecular flexibility index (Phi) is 3.88. The summed E-state index contributed by atoms with van der Waals surface area (Å²) in [6.45, 7) is 0. The van der Waals surface area contributed by atoms with E-state index in [1.807, 2.05) is 0 Å². The normalized spacial score (nSPS) is 11.9. The van der Waals surface area contributed by atoms with E-state index in [1.54, 1.807) is 12.7 Å². The van der Waals surface area contributed by atoms with Crippen molar-refractivity contribution in [1.29, 1.82) is 0 Å². The third-order valence-electron chi connectivity index (χ3n) is 7.15. The quantitative estimate of drug-likeness (QED) is 0.273. The molecule has 168 valence electrons. The molecule has 36 heavy (non-hydrogen) atoms. The maximum atomic E-state index is 4.50. The van der Waals surface area contributed by atoms with Gasteiger partial charge in [0.15, 0.2) is 0 Å². The average molecular weight is 462 g/mol. The predicted molar refractivity (Wildman–Crippen MR) is 146 cm³/mol. The van der Waals surface area contributed by atoms with Gasteiger partial charge in [-0.15, -0.1) is 0 Å². The fourth-order valence-corrected chi connectivity index (χ4v) is 5.74. The first-order valence-corrected chi connectivity index (χ1v) is 12.0. The highest BCUT2D eigenvalue weighted by Gasteiger charge is 2.22. The van der Waals surface area contributed by atoms with E-state index in [-0.39, 0.29) is 0 Å². The highest BCUT2D eigenvalue weighted by Crippen LogP contribution is 2.43. The van der Waals surface area contributed by atoms with Crippen molar-refractivity contribution in [2.45, 2.75) is 0 Å². The van der Waals surface area contributed by atoms with Crippen LogP contribution in [0.3, 0.4) is 0 Å². The number of nitrogens with zero attached hydrogens (tertiary/aromatic N) is 5. The molecule has 0 fully saturated rings. The Hall–Kier alpha value is -5.03. The van der Waals surface area contributed by atoms with Crippen molar-refractivity contribution in [2.75, 3.05) is 0 Å². The summed E-state index contributed by atoms with van der Waals surface area (Å²) in [5, 5.41) is 7.36. The summed E-state index contributed by atoms with van der Waals surface area (Å²) in [5.74, 6) is 0.614. The lowest BCUT2D eigenvalue weighted by Gasteiger charge is -2.09. The summed E-state index contributed by atoms with van der Waals surface area (Å²) in [7, 11) is 0. The third-order valence-corrected chi connectivity index (χ3v) is 7.15. The fourth-order valence-electron chi connectivity index (χ4n) is 5.74. The monoisotopic (exact) mass is 461 g/mol. The van der Waals surface area contributed by atoms with Crippen LogP contribution in [0.25, 0.3) is 66.0 Å². The zero-order chi connectivity index (χ0) is 23.6. The van der Waals surface area contributed by atoms with Crippen LogP contribution in [0.4, 0.5) is 0 Å². The molecule has 0 saturated carbocycles. The van der Waals surface area contributed by atoms with Crippen LogP contribution in [0.1, 0.15) is 0 Å². The lowest BCUT2D eigenvalue weighted by Crippen LogP contribution is -2.00. The van der Waals surface area contributed by atoms with Crippen LogP contribution in [0, 0.1) is 0 Å². The van der Waals surface area contributed by atoms with E-state index in [2.05, 4.69) is 127 Å². The van der Waals surface area contributed by atoms with Gasteiger partial charge in [-0.25, -0.2) is 15.0 Å². The van der Waals surface area contributed by atoms with Crippen LogP contribution in [0.2, 0.25) is 0 Å². The largest absolute Gasteiger partial charge is 0.309 e. The van der Waals surface area contributed by atoms with E-state index < -0.39 is 0 Å². The number of aromatic nitrogens is 5. The van der Waals surface area contributed by atoms with Crippen molar-refractivity contribution < 1.29 is 0 Å². The number of para-hydroxylation sites is 2. The molecule has 0 saturated heterocycles. The molecule has 0 radical (unpaired) electrons. The van der Waals surface area contributed by atoms with Gasteiger partial charge in [-0.1, -0.05) is 72.8 Å². The lowest BCUT2D eigenvalue weighted by molar-refractivity contribution is 0.940. The molecule has 0 amide bonds. The highest BCUT2D eigenvalue weighted by molar-refractivity contribution is 6.30. The van der Waals surface area contributed by atoms with Crippen molar-refractivity contribution in [1.82, 2.24) is 24.1 Å². The molecule has 5 aromatic carbocycles. The summed E-state index contributed by atoms with van der Waals surface area (Å²) in [6.07, 6.45) is 3.10. The summed E-state index contributed by atoms with van der Waals surface area (Å²) in [4.78, 5) is 13.0. The van der Waals surface area contributed by atoms with Gasteiger partial charge in [-0.2, -0.15) is 0 Å². The zero-order valence-corrected chi connectivity index (χ0v) is 19.2. The smallest absolute Gasteiger partial charge is 0.237 e. The van der Waals surface area contributed by atoms with Gasteiger partial charge in [0.2, 0.25) is 5.95 Å². The Morgan fingerprint density at radius 1 is 0.472 bits per heavy atom. The Morgan fingerprint density at radius 2 is 1.17 bits per heavy atom. The van der Waals surface area contributed by atoms with Gasteiger partial charge in [0.05, 0.1) is 22.1 Å². The predicted octanol–water partition coefficient (Wildman–Crippen LogP) is 7.22. The molecule has 3 heterocycles. The Bertz CT molecular complexity index is 2090. The summed E-state index contributed by atoms with van der Waals surface area (Å²) in [5.41, 5.74) is 5.66. The van der Waals surface area contributed by atoms with Gasteiger partial charge in [-0.3, -0.25) is 4.57 Å². The minimum atomic E-state index is 0.614. The third kappa shape index (κ3) is 2.51. The molecule has 0 atom stereocenters. The Balaban J connectivity index is 1.68. The Labute approximate surface area is 205 Å². The number of rotatable bonds is 2. The maximum Gasteiger partial charge on any atom is 0.237 e. The number of fused-ring (bicyclic) bond motifs is 9. The van der Waals surface area contributed by atoms with E-state index in [0.29, 0.717) is 5.95 Å². The first kappa shape index (κ1) is 19.3. The average Bonchev–Trinajstić information content (AvgIpc) is 3.47. The molecule has 0 N–H and O–H groups in total. The molecule has 5 heteroatoms. The van der Waals surface area contributed by atoms with Crippen LogP contribution in [0.5, 0.6) is 0 Å². The van der Waals surface area contributed by atoms with Crippen LogP contribution in [-0.2, 0) is 0 Å². The van der Waals surface area contributed by atoms with E-state index >= 15 is 0 Å². The summed E-state index contributed by atoms with van der Waals surface area (Å²) >= 11 is 0. The van der Waals surface area contributed by atoms with E-state index in [9.17, 15) is 0 Å². The SMILES string of the molecule is c1ccc(-n2c3ccc4ccccc4c3c3ccc4c(c5ccccc5n4-c4ncncn4)c32)cc1. The van der Waals surface area contributed by atoms with Crippen LogP contribution < -0.4 is 0 Å². The Morgan fingerprint density at radius 3 is 2.03 bits per heavy atom. The van der Waals surface area contributed by atoms with Crippen LogP contribution >= 0.6 is 0 Å². The molecular formula is C31H19N5. The topological polar surface area (TPSA) is 48.5 Å². The molecule has 0 aliphatic heterocycles. The molecule has 8 aromatic rings. The molecule has 5 nitrogen and oxygen atoms in total. The molecular weight excluding hydrogens is 442 g/mol. The molecule has 3 aromatic heterocycles. The van der Waals surface area contributed by atoms with Gasteiger partial charge in [0.25, 0.3) is 0 Å². The van der Waals surface area contributed by atoms with Gasteiger partial charge in [0.1, 0.15) is 12.7 Å². The van der Waals surface area contributed by atoms with Gasteiger partial charge < -0.3 is 4.57 Å². The highest BCUT2D eigenvalue weighted by atomic mass is 15.2. The molecule has 0 aliphatic rings. The number of hydrogen-bond donors (Lipinski definition) is 0. The van der Waals surface area contributed by atoms with Crippen molar-refractivity contribution in [3.63, 3.8) is 0 Å². The van der Waals surface area contributed by atoms with Gasteiger partial charge in [-0.05, 0) is 41.1 Å². The molecule has 0 bridgehead atoms. The van der Waals surface area contributed by atoms with E-state index in [1.165, 1.54) is 43.4 Å². The van der Waals surface area contributed by atoms with Crippen molar-refractivity contribution >= 4 is 54.4 Å². The second-order valence-electron chi connectivity index (χ2n) is 9.00. The summed E-state index contributed by atoms with van der Waals surface area (Å²) < 4.78 is 4.54. The van der Waals surface area contributed by atoms with Crippen molar-refractivity contribution in [3.05, 3.63) is 116 Å². The lowest BCUT2D eigenvalue weighted by atomic mass is 10.0. The standard InChI is InChI=1S/C31H19N5/c1-2-9-21(10-3-1)35-26-16-14-20-8-4-5-11-22(20)28(26)24-15-17-27-29(30(24)35)23-12-6-7-13-25(23)36(27)31-33-18-32-19-34-31/h1-19H. The van der Waals surface area contributed by atoms with Gasteiger partial charge >= 0.3 is 0 Å². The van der Waals surface area contributed by atoms with Crippen molar-refractivity contribution in [2.24, 2.45) is 0 Å². The van der Waals surface area contributed by atoms with Crippen LogP contribution in [-0.4, -0.2) is 24.1 Å². The molecule has 8 rings (SSSR count). The second kappa shape index (κ2) is 7.23. The van der Waals surface area contributed by atoms with Crippen LogP contribution in [0.15, 0.2) is 116 Å². The first-order valence-electron chi connectivity index (χ1n) is 12.0. The fraction of sp³-hybridized carbons (Fsp3) is 0. The summed E-state index contributed by atoms with van der Waals surface area (Å²) in [6, 6.07) is 36.7. The second-order valence-corrected chi connectivity index (χ2v) is 9.00.